The smallest absolute Gasteiger partial charge is 0.178 e. The van der Waals surface area contributed by atoms with E-state index in [4.69, 9.17) is 0 Å². The lowest BCUT2D eigenvalue weighted by Gasteiger charge is -2.46. The number of carbonyl (C=O) groups is 3. The highest BCUT2D eigenvalue weighted by Crippen LogP contribution is 2.60. The van der Waals surface area contributed by atoms with Crippen molar-refractivity contribution in [3.63, 3.8) is 0 Å². The molecule has 4 nitrogen and oxygen atoms in total. The summed E-state index contributed by atoms with van der Waals surface area (Å²) >= 11 is 0. The lowest BCUT2D eigenvalue weighted by atomic mass is 9.53. The number of fused-ring (bicyclic) bond motifs is 1. The summed E-state index contributed by atoms with van der Waals surface area (Å²) in [6.45, 7) is 0. The Morgan fingerprint density at radius 2 is 1.13 bits per heavy atom. The van der Waals surface area contributed by atoms with Crippen molar-refractivity contribution < 1.29 is 19.5 Å². The first-order valence-corrected chi connectivity index (χ1v) is 10.1. The molecule has 3 aromatic rings. The van der Waals surface area contributed by atoms with E-state index in [-0.39, 0.29) is 23.8 Å². The Labute approximate surface area is 174 Å². The van der Waals surface area contributed by atoms with Gasteiger partial charge in [-0.15, -0.1) is 0 Å². The largest absolute Gasteiger partial charge is 0.385 e. The third kappa shape index (κ3) is 2.40. The van der Waals surface area contributed by atoms with E-state index in [1.807, 2.05) is 36.4 Å². The van der Waals surface area contributed by atoms with Crippen LogP contribution in [0.1, 0.15) is 50.1 Å². The summed E-state index contributed by atoms with van der Waals surface area (Å²) in [5.41, 5.74) is 0.554. The first kappa shape index (κ1) is 18.6. The van der Waals surface area contributed by atoms with Crippen molar-refractivity contribution in [2.24, 2.45) is 5.41 Å². The molecule has 0 amide bonds. The second kappa shape index (κ2) is 6.85. The molecule has 0 unspecified atom stereocenters. The van der Waals surface area contributed by atoms with Gasteiger partial charge in [-0.05, 0) is 11.1 Å². The van der Waals surface area contributed by atoms with Crippen LogP contribution in [0.2, 0.25) is 0 Å². The third-order valence-corrected chi connectivity index (χ3v) is 6.62. The van der Waals surface area contributed by atoms with E-state index in [9.17, 15) is 19.5 Å². The Morgan fingerprint density at radius 3 is 1.67 bits per heavy atom. The zero-order valence-electron chi connectivity index (χ0n) is 16.2. The summed E-state index contributed by atoms with van der Waals surface area (Å²) in [7, 11) is 0. The zero-order valence-corrected chi connectivity index (χ0v) is 16.2. The van der Waals surface area contributed by atoms with Crippen LogP contribution in [-0.2, 0) is 4.79 Å². The number of Topliss-reactive ketones (excluding diaryl/α,β-unsaturated/α-hetero) is 3. The van der Waals surface area contributed by atoms with Crippen molar-refractivity contribution in [2.45, 2.75) is 24.4 Å². The Balaban J connectivity index is 1.83. The topological polar surface area (TPSA) is 71.4 Å². The van der Waals surface area contributed by atoms with Gasteiger partial charge >= 0.3 is 0 Å². The molecule has 0 aliphatic heterocycles. The maximum atomic E-state index is 14.0. The van der Waals surface area contributed by atoms with Crippen LogP contribution in [0.4, 0.5) is 0 Å². The molecule has 3 aromatic carbocycles. The highest BCUT2D eigenvalue weighted by molar-refractivity contribution is 6.31. The van der Waals surface area contributed by atoms with Gasteiger partial charge in [0.15, 0.2) is 17.3 Å². The van der Waals surface area contributed by atoms with Crippen LogP contribution in [0.15, 0.2) is 84.9 Å². The fourth-order valence-electron chi connectivity index (χ4n) is 5.33. The van der Waals surface area contributed by atoms with Crippen LogP contribution in [0, 0.1) is 5.41 Å². The number of aliphatic hydroxyl groups excluding tert-OH is 1. The molecule has 5 rings (SSSR count). The van der Waals surface area contributed by atoms with Crippen molar-refractivity contribution in [3.05, 3.63) is 107 Å². The monoisotopic (exact) mass is 396 g/mol. The second-order valence-electron chi connectivity index (χ2n) is 8.04. The molecule has 3 atom stereocenters. The Bertz CT molecular complexity index is 1110. The summed E-state index contributed by atoms with van der Waals surface area (Å²) in [5.74, 6) is -2.56. The van der Waals surface area contributed by atoms with Crippen LogP contribution in [-0.4, -0.2) is 28.6 Å². The number of hydrogen-bond acceptors (Lipinski definition) is 4. The van der Waals surface area contributed by atoms with E-state index >= 15 is 0 Å². The van der Waals surface area contributed by atoms with Gasteiger partial charge in [-0.2, -0.15) is 0 Å². The summed E-state index contributed by atoms with van der Waals surface area (Å²) in [6, 6.07) is 25.0. The normalized spacial score (nSPS) is 24.8. The molecule has 0 radical (unpaired) electrons. The molecule has 148 valence electrons. The van der Waals surface area contributed by atoms with E-state index in [2.05, 4.69) is 0 Å². The van der Waals surface area contributed by atoms with Crippen molar-refractivity contribution in [2.75, 3.05) is 0 Å². The van der Waals surface area contributed by atoms with Crippen LogP contribution >= 0.6 is 0 Å². The van der Waals surface area contributed by atoms with Crippen LogP contribution in [0.5, 0.6) is 0 Å². The van der Waals surface area contributed by atoms with Gasteiger partial charge in [-0.3, -0.25) is 14.4 Å². The fraction of sp³-hybridized carbons (Fsp3) is 0.192. The SMILES string of the molecule is O=C1C[C@H](c2ccccc2)C2(C(=O)c3ccccc3C2=O)[C@H](c2ccccc2)[C@H]1O. The minimum atomic E-state index is -1.56. The van der Waals surface area contributed by atoms with Gasteiger partial charge in [0.25, 0.3) is 0 Å². The van der Waals surface area contributed by atoms with Gasteiger partial charge in [0, 0.05) is 29.4 Å². The average Bonchev–Trinajstić information content (AvgIpc) is 3.01. The van der Waals surface area contributed by atoms with Crippen LogP contribution in [0.25, 0.3) is 0 Å². The van der Waals surface area contributed by atoms with Crippen LogP contribution < -0.4 is 0 Å². The third-order valence-electron chi connectivity index (χ3n) is 6.62. The molecule has 0 bridgehead atoms. The number of ketones is 3. The fourth-order valence-corrected chi connectivity index (χ4v) is 5.33. The van der Waals surface area contributed by atoms with Crippen molar-refractivity contribution in [3.8, 4) is 0 Å². The van der Waals surface area contributed by atoms with Crippen LogP contribution in [0.3, 0.4) is 0 Å². The predicted molar refractivity (Wildman–Crippen MR) is 112 cm³/mol. The molecule has 1 spiro atoms. The molecule has 2 aliphatic carbocycles. The summed E-state index contributed by atoms with van der Waals surface area (Å²) < 4.78 is 0. The number of hydrogen-bond donors (Lipinski definition) is 1. The molecule has 0 aromatic heterocycles. The molecule has 2 aliphatic rings. The molecule has 0 heterocycles. The first-order chi connectivity index (χ1) is 14.6. The van der Waals surface area contributed by atoms with Gasteiger partial charge in [0.1, 0.15) is 11.5 Å². The Morgan fingerprint density at radius 1 is 0.667 bits per heavy atom. The molecular formula is C26H20O4. The van der Waals surface area contributed by atoms with E-state index in [0.717, 1.165) is 5.56 Å². The van der Waals surface area contributed by atoms with Crippen molar-refractivity contribution in [1.82, 2.24) is 0 Å². The first-order valence-electron chi connectivity index (χ1n) is 10.1. The van der Waals surface area contributed by atoms with E-state index < -0.39 is 23.4 Å². The highest BCUT2D eigenvalue weighted by atomic mass is 16.3. The Kier molecular flexibility index (Phi) is 4.26. The molecule has 4 heteroatoms. The quantitative estimate of drug-likeness (QED) is 0.666. The summed E-state index contributed by atoms with van der Waals surface area (Å²) in [5, 5.41) is 11.0. The van der Waals surface area contributed by atoms with Crippen molar-refractivity contribution >= 4 is 17.3 Å². The lowest BCUT2D eigenvalue weighted by molar-refractivity contribution is -0.134. The predicted octanol–water partition coefficient (Wildman–Crippen LogP) is 3.95. The number of carbonyl (C=O) groups excluding carboxylic acids is 3. The molecule has 1 fully saturated rings. The van der Waals surface area contributed by atoms with Gasteiger partial charge in [-0.25, -0.2) is 0 Å². The van der Waals surface area contributed by atoms with E-state index in [0.29, 0.717) is 16.7 Å². The van der Waals surface area contributed by atoms with Gasteiger partial charge in [-0.1, -0.05) is 84.9 Å². The summed E-state index contributed by atoms with van der Waals surface area (Å²) in [6.07, 6.45) is -1.48. The van der Waals surface area contributed by atoms with Gasteiger partial charge < -0.3 is 5.11 Å². The number of rotatable bonds is 2. The Hall–Kier alpha value is -3.37. The maximum absolute atomic E-state index is 14.0. The average molecular weight is 396 g/mol. The summed E-state index contributed by atoms with van der Waals surface area (Å²) in [4.78, 5) is 40.8. The number of benzene rings is 3. The molecule has 1 N–H and O–H groups in total. The minimum absolute atomic E-state index is 0.0556. The number of aliphatic hydroxyl groups is 1. The standard InChI is InChI=1S/C26H20O4/c27-21-15-20(16-9-3-1-4-10-16)26(22(23(21)28)17-11-5-2-6-12-17)24(29)18-13-7-8-14-19(18)25(26)30/h1-14,20,22-23,28H,15H2/t20-,22-,23+/m1/s1. The highest BCUT2D eigenvalue weighted by Gasteiger charge is 2.67. The maximum Gasteiger partial charge on any atom is 0.178 e. The molecule has 30 heavy (non-hydrogen) atoms. The second-order valence-corrected chi connectivity index (χ2v) is 8.04. The minimum Gasteiger partial charge on any atom is -0.385 e. The van der Waals surface area contributed by atoms with Gasteiger partial charge in [0.05, 0.1) is 0 Å². The molecule has 1 saturated carbocycles. The molecule has 0 saturated heterocycles. The lowest BCUT2D eigenvalue weighted by Crippen LogP contribution is -2.55. The van der Waals surface area contributed by atoms with Crippen molar-refractivity contribution in [1.29, 1.82) is 0 Å². The van der Waals surface area contributed by atoms with E-state index in [1.165, 1.54) is 0 Å². The van der Waals surface area contributed by atoms with Gasteiger partial charge in [0.2, 0.25) is 0 Å². The molecular weight excluding hydrogens is 376 g/mol. The van der Waals surface area contributed by atoms with E-state index in [1.54, 1.807) is 48.5 Å². The zero-order chi connectivity index (χ0) is 20.9.